The number of aliphatic imine (C=N–C) groups is 1. The van der Waals surface area contributed by atoms with E-state index >= 15 is 0 Å². The molecule has 0 saturated carbocycles. The molecule has 7 heteroatoms. The smallest absolute Gasteiger partial charge is 0.191 e. The number of nitrogens with one attached hydrogen (secondary N) is 2. The Morgan fingerprint density at radius 3 is 2.65 bits per heavy atom. The Morgan fingerprint density at radius 2 is 2.09 bits per heavy atom. The summed E-state index contributed by atoms with van der Waals surface area (Å²) in [5.74, 6) is 1.51. The highest BCUT2D eigenvalue weighted by molar-refractivity contribution is 7.91. The molecule has 0 aromatic rings. The predicted molar refractivity (Wildman–Crippen MR) is 93.5 cm³/mol. The molecule has 2 rings (SSSR count). The van der Waals surface area contributed by atoms with Crippen molar-refractivity contribution in [2.24, 2.45) is 10.9 Å². The maximum absolute atomic E-state index is 11.6. The molecule has 2 unspecified atom stereocenters. The van der Waals surface area contributed by atoms with Crippen LogP contribution in [0.4, 0.5) is 0 Å². The van der Waals surface area contributed by atoms with Crippen LogP contribution in [0.1, 0.15) is 47.0 Å². The Balaban J connectivity index is 1.95. The largest absolute Gasteiger partial charge is 0.375 e. The standard InChI is InChI=1S/C16H31N3O3S/c1-12(2)18-15(17-10-13-6-8-23(20,21)11-13)19-14-5-7-22-16(3,4)9-14/h12-14H,5-11H2,1-4H3,(H2,17,18,19). The van der Waals surface area contributed by atoms with Crippen LogP contribution in [0.15, 0.2) is 4.99 Å². The molecule has 2 N–H and O–H groups in total. The number of sulfone groups is 1. The summed E-state index contributed by atoms with van der Waals surface area (Å²) >= 11 is 0. The molecular formula is C16H31N3O3S. The van der Waals surface area contributed by atoms with Gasteiger partial charge >= 0.3 is 0 Å². The topological polar surface area (TPSA) is 79.8 Å². The molecule has 23 heavy (non-hydrogen) atoms. The van der Waals surface area contributed by atoms with Gasteiger partial charge in [-0.25, -0.2) is 8.42 Å². The third kappa shape index (κ3) is 6.30. The lowest BCUT2D eigenvalue weighted by Gasteiger charge is -2.36. The normalized spacial score (nSPS) is 30.4. The summed E-state index contributed by atoms with van der Waals surface area (Å²) in [6.45, 7) is 9.68. The second kappa shape index (κ2) is 7.38. The summed E-state index contributed by atoms with van der Waals surface area (Å²) in [7, 11) is -2.84. The molecule has 0 spiro atoms. The SMILES string of the molecule is CC(C)NC(=NCC1CCS(=O)(=O)C1)NC1CCOC(C)(C)C1. The van der Waals surface area contributed by atoms with E-state index < -0.39 is 9.84 Å². The van der Waals surface area contributed by atoms with E-state index in [1.165, 1.54) is 0 Å². The second-order valence-corrected chi connectivity index (χ2v) is 9.93. The predicted octanol–water partition coefficient (Wildman–Crippen LogP) is 1.32. The quantitative estimate of drug-likeness (QED) is 0.593. The first-order chi connectivity index (χ1) is 10.7. The van der Waals surface area contributed by atoms with Crippen LogP contribution in [-0.4, -0.2) is 56.7 Å². The minimum Gasteiger partial charge on any atom is -0.375 e. The number of nitrogens with zero attached hydrogens (tertiary/aromatic N) is 1. The van der Waals surface area contributed by atoms with Gasteiger partial charge in [-0.15, -0.1) is 0 Å². The summed E-state index contributed by atoms with van der Waals surface area (Å²) in [6.07, 6.45) is 2.62. The molecular weight excluding hydrogens is 314 g/mol. The van der Waals surface area contributed by atoms with Gasteiger partial charge in [0, 0.05) is 25.2 Å². The molecule has 0 amide bonds. The first-order valence-electron chi connectivity index (χ1n) is 8.57. The van der Waals surface area contributed by atoms with Gasteiger partial charge < -0.3 is 15.4 Å². The summed E-state index contributed by atoms with van der Waals surface area (Å²) in [4.78, 5) is 4.64. The maximum atomic E-state index is 11.6. The van der Waals surface area contributed by atoms with Gasteiger partial charge in [0.05, 0.1) is 17.1 Å². The summed E-state index contributed by atoms with van der Waals surface area (Å²) in [5, 5.41) is 6.84. The van der Waals surface area contributed by atoms with Crippen molar-refractivity contribution in [2.45, 2.75) is 64.6 Å². The molecule has 2 atom stereocenters. The highest BCUT2D eigenvalue weighted by Crippen LogP contribution is 2.24. The molecule has 134 valence electrons. The van der Waals surface area contributed by atoms with Crippen LogP contribution < -0.4 is 10.6 Å². The Hall–Kier alpha value is -0.820. The fourth-order valence-corrected chi connectivity index (χ4v) is 5.04. The van der Waals surface area contributed by atoms with Crippen molar-refractivity contribution in [3.63, 3.8) is 0 Å². The van der Waals surface area contributed by atoms with Crippen LogP contribution in [0.2, 0.25) is 0 Å². The van der Waals surface area contributed by atoms with Crippen LogP contribution in [-0.2, 0) is 14.6 Å². The number of guanidine groups is 1. The average Bonchev–Trinajstić information content (AvgIpc) is 2.74. The molecule has 0 aliphatic carbocycles. The molecule has 2 aliphatic heterocycles. The second-order valence-electron chi connectivity index (χ2n) is 7.70. The van der Waals surface area contributed by atoms with Crippen molar-refractivity contribution >= 4 is 15.8 Å². The molecule has 2 aliphatic rings. The number of hydrogen-bond donors (Lipinski definition) is 2. The Bertz CT molecular complexity index is 529. The van der Waals surface area contributed by atoms with E-state index in [2.05, 4.69) is 43.3 Å². The highest BCUT2D eigenvalue weighted by atomic mass is 32.2. The van der Waals surface area contributed by atoms with Crippen LogP contribution in [0.25, 0.3) is 0 Å². The van der Waals surface area contributed by atoms with Crippen molar-refractivity contribution in [3.8, 4) is 0 Å². The van der Waals surface area contributed by atoms with Gasteiger partial charge in [-0.1, -0.05) is 0 Å². The van der Waals surface area contributed by atoms with Crippen molar-refractivity contribution in [1.82, 2.24) is 10.6 Å². The molecule has 2 heterocycles. The molecule has 0 aromatic heterocycles. The summed E-state index contributed by atoms with van der Waals surface area (Å²) in [5.41, 5.74) is -0.113. The third-order valence-corrected chi connectivity index (χ3v) is 6.13. The highest BCUT2D eigenvalue weighted by Gasteiger charge is 2.30. The first-order valence-corrected chi connectivity index (χ1v) is 10.4. The fourth-order valence-electron chi connectivity index (χ4n) is 3.19. The van der Waals surface area contributed by atoms with Crippen LogP contribution in [0.3, 0.4) is 0 Å². The lowest BCUT2D eigenvalue weighted by molar-refractivity contribution is -0.0605. The zero-order valence-corrected chi connectivity index (χ0v) is 15.6. The van der Waals surface area contributed by atoms with E-state index in [4.69, 9.17) is 4.74 Å². The van der Waals surface area contributed by atoms with Crippen molar-refractivity contribution < 1.29 is 13.2 Å². The molecule has 6 nitrogen and oxygen atoms in total. The van der Waals surface area contributed by atoms with E-state index in [0.29, 0.717) is 18.3 Å². The first kappa shape index (κ1) is 18.5. The van der Waals surface area contributed by atoms with E-state index in [1.54, 1.807) is 0 Å². The molecule has 2 fully saturated rings. The van der Waals surface area contributed by atoms with Crippen molar-refractivity contribution in [2.75, 3.05) is 24.7 Å². The van der Waals surface area contributed by atoms with Crippen molar-refractivity contribution in [1.29, 1.82) is 0 Å². The Morgan fingerprint density at radius 1 is 1.35 bits per heavy atom. The minimum atomic E-state index is -2.84. The fraction of sp³-hybridized carbons (Fsp3) is 0.938. The summed E-state index contributed by atoms with van der Waals surface area (Å²) < 4.78 is 28.9. The van der Waals surface area contributed by atoms with E-state index in [-0.39, 0.29) is 23.3 Å². The van der Waals surface area contributed by atoms with Gasteiger partial charge in [-0.3, -0.25) is 4.99 Å². The maximum Gasteiger partial charge on any atom is 0.191 e. The van der Waals surface area contributed by atoms with E-state index in [1.807, 2.05) is 0 Å². The minimum absolute atomic E-state index is 0.113. The Kier molecular flexibility index (Phi) is 5.94. The van der Waals surface area contributed by atoms with E-state index in [9.17, 15) is 8.42 Å². The van der Waals surface area contributed by atoms with Crippen LogP contribution >= 0.6 is 0 Å². The zero-order chi connectivity index (χ0) is 17.1. The number of hydrogen-bond acceptors (Lipinski definition) is 4. The molecule has 2 saturated heterocycles. The third-order valence-electron chi connectivity index (χ3n) is 4.30. The molecule has 0 bridgehead atoms. The average molecular weight is 346 g/mol. The van der Waals surface area contributed by atoms with Gasteiger partial charge in [-0.2, -0.15) is 0 Å². The van der Waals surface area contributed by atoms with E-state index in [0.717, 1.165) is 31.8 Å². The molecule has 0 radical (unpaired) electrons. The lowest BCUT2D eigenvalue weighted by atomic mass is 9.94. The van der Waals surface area contributed by atoms with Gasteiger partial charge in [0.1, 0.15) is 0 Å². The van der Waals surface area contributed by atoms with Crippen LogP contribution in [0, 0.1) is 5.92 Å². The number of ether oxygens (including phenoxy) is 1. The van der Waals surface area contributed by atoms with Gasteiger partial charge in [0.25, 0.3) is 0 Å². The Labute approximate surface area is 140 Å². The zero-order valence-electron chi connectivity index (χ0n) is 14.8. The number of rotatable bonds is 4. The van der Waals surface area contributed by atoms with Crippen molar-refractivity contribution in [3.05, 3.63) is 0 Å². The summed E-state index contributed by atoms with van der Waals surface area (Å²) in [6, 6.07) is 0.609. The van der Waals surface area contributed by atoms with Gasteiger partial charge in [0.15, 0.2) is 15.8 Å². The van der Waals surface area contributed by atoms with Crippen LogP contribution in [0.5, 0.6) is 0 Å². The monoisotopic (exact) mass is 345 g/mol. The van der Waals surface area contributed by atoms with Gasteiger partial charge in [0.2, 0.25) is 0 Å². The molecule has 0 aromatic carbocycles. The van der Waals surface area contributed by atoms with Gasteiger partial charge in [-0.05, 0) is 52.9 Å². The lowest BCUT2D eigenvalue weighted by Crippen LogP contribution is -2.51.